The van der Waals surface area contributed by atoms with Gasteiger partial charge < -0.3 is 15.7 Å². The van der Waals surface area contributed by atoms with Crippen LogP contribution in [-0.4, -0.2) is 30.1 Å². The average molecular weight is 311 g/mol. The Morgan fingerprint density at radius 3 is 2.76 bits per heavy atom. The molecule has 1 amide bonds. The average Bonchev–Trinajstić information content (AvgIpc) is 2.92. The Morgan fingerprint density at radius 1 is 1.38 bits per heavy atom. The number of amides is 1. The Hall–Kier alpha value is -1.59. The highest BCUT2D eigenvalue weighted by Gasteiger charge is 2.35. The molecule has 3 N–H and O–H groups in total. The molecule has 114 valence electrons. The highest BCUT2D eigenvalue weighted by molar-refractivity contribution is 6.31. The minimum atomic E-state index is -1.05. The third-order valence-corrected chi connectivity index (χ3v) is 4.19. The van der Waals surface area contributed by atoms with E-state index in [1.807, 2.05) is 0 Å². The Labute approximate surface area is 128 Å². The third-order valence-electron chi connectivity index (χ3n) is 3.96. The molecule has 1 saturated carbocycles. The van der Waals surface area contributed by atoms with Crippen LogP contribution in [0.2, 0.25) is 5.02 Å². The number of carbonyl (C=O) groups excluding carboxylic acids is 1. The summed E-state index contributed by atoms with van der Waals surface area (Å²) < 4.78 is 0. The molecule has 0 aromatic heterocycles. The van der Waals surface area contributed by atoms with Crippen molar-refractivity contribution >= 4 is 29.2 Å². The first-order valence-corrected chi connectivity index (χ1v) is 7.39. The predicted molar refractivity (Wildman–Crippen MR) is 81.3 cm³/mol. The van der Waals surface area contributed by atoms with Crippen LogP contribution in [0.1, 0.15) is 19.3 Å². The van der Waals surface area contributed by atoms with Crippen molar-refractivity contribution in [1.29, 1.82) is 0 Å². The number of hydrogen-bond acceptors (Lipinski definition) is 3. The van der Waals surface area contributed by atoms with Gasteiger partial charge in [0.1, 0.15) is 6.54 Å². The van der Waals surface area contributed by atoms with E-state index in [-0.39, 0.29) is 24.3 Å². The van der Waals surface area contributed by atoms with E-state index in [2.05, 4.69) is 0 Å². The Morgan fingerprint density at radius 2 is 2.14 bits per heavy atom. The minimum Gasteiger partial charge on any atom is -0.480 e. The van der Waals surface area contributed by atoms with E-state index in [4.69, 9.17) is 22.4 Å². The first kappa shape index (κ1) is 15.8. The molecule has 0 saturated heterocycles. The molecule has 1 aliphatic carbocycles. The Kier molecular flexibility index (Phi) is 5.20. The van der Waals surface area contributed by atoms with E-state index in [1.54, 1.807) is 24.3 Å². The van der Waals surface area contributed by atoms with Crippen molar-refractivity contribution in [3.8, 4) is 0 Å². The van der Waals surface area contributed by atoms with Crippen molar-refractivity contribution in [3.63, 3.8) is 0 Å². The molecule has 0 radical (unpaired) electrons. The van der Waals surface area contributed by atoms with Gasteiger partial charge in [0.15, 0.2) is 0 Å². The van der Waals surface area contributed by atoms with Crippen LogP contribution in [0.3, 0.4) is 0 Å². The standard InChI is InChI=1S/C15H19ClN2O3/c16-11-4-2-5-12(7-11)18(9-14(19)20)15(21)13-6-1-3-10(13)8-17/h2,4-5,7,10,13H,1,3,6,8-9,17H2,(H,19,20). The monoisotopic (exact) mass is 310 g/mol. The quantitative estimate of drug-likeness (QED) is 0.872. The van der Waals surface area contributed by atoms with Crippen molar-refractivity contribution in [2.75, 3.05) is 18.0 Å². The summed E-state index contributed by atoms with van der Waals surface area (Å²) >= 11 is 5.94. The van der Waals surface area contributed by atoms with Gasteiger partial charge in [-0.2, -0.15) is 0 Å². The zero-order valence-electron chi connectivity index (χ0n) is 11.7. The molecular formula is C15H19ClN2O3. The van der Waals surface area contributed by atoms with Crippen molar-refractivity contribution in [2.45, 2.75) is 19.3 Å². The fourth-order valence-corrected chi connectivity index (χ4v) is 3.10. The summed E-state index contributed by atoms with van der Waals surface area (Å²) in [5.41, 5.74) is 6.23. The number of halogens is 1. The van der Waals surface area contributed by atoms with Crippen LogP contribution >= 0.6 is 11.6 Å². The molecule has 1 aromatic rings. The molecule has 5 nitrogen and oxygen atoms in total. The van der Waals surface area contributed by atoms with Crippen molar-refractivity contribution in [3.05, 3.63) is 29.3 Å². The molecule has 6 heteroatoms. The number of carboxylic acid groups (broad SMARTS) is 1. The number of benzene rings is 1. The number of nitrogens with zero attached hydrogens (tertiary/aromatic N) is 1. The van der Waals surface area contributed by atoms with Gasteiger partial charge in [0, 0.05) is 16.6 Å². The fourth-order valence-electron chi connectivity index (χ4n) is 2.92. The smallest absolute Gasteiger partial charge is 0.323 e. The summed E-state index contributed by atoms with van der Waals surface area (Å²) in [6, 6.07) is 6.69. The fraction of sp³-hybridized carbons (Fsp3) is 0.467. The molecule has 21 heavy (non-hydrogen) atoms. The van der Waals surface area contributed by atoms with Gasteiger partial charge in [-0.05, 0) is 43.5 Å². The van der Waals surface area contributed by atoms with Crippen molar-refractivity contribution in [1.82, 2.24) is 0 Å². The summed E-state index contributed by atoms with van der Waals surface area (Å²) in [6.45, 7) is 0.0832. The van der Waals surface area contributed by atoms with Gasteiger partial charge in [-0.3, -0.25) is 9.59 Å². The summed E-state index contributed by atoms with van der Waals surface area (Å²) in [7, 11) is 0. The molecular weight excluding hydrogens is 292 g/mol. The van der Waals surface area contributed by atoms with Crippen LogP contribution in [0.15, 0.2) is 24.3 Å². The second kappa shape index (κ2) is 6.91. The second-order valence-electron chi connectivity index (χ2n) is 5.33. The number of carboxylic acids is 1. The highest BCUT2D eigenvalue weighted by Crippen LogP contribution is 2.34. The number of hydrogen-bond donors (Lipinski definition) is 2. The summed E-state index contributed by atoms with van der Waals surface area (Å²) in [4.78, 5) is 25.1. The van der Waals surface area contributed by atoms with E-state index in [0.29, 0.717) is 17.3 Å². The Balaban J connectivity index is 2.27. The van der Waals surface area contributed by atoms with Gasteiger partial charge >= 0.3 is 5.97 Å². The number of rotatable bonds is 5. The predicted octanol–water partition coefficient (Wildman–Crippen LogP) is 2.13. The van der Waals surface area contributed by atoms with Crippen LogP contribution in [0, 0.1) is 11.8 Å². The van der Waals surface area contributed by atoms with E-state index in [1.165, 1.54) is 4.90 Å². The molecule has 2 unspecified atom stereocenters. The Bertz CT molecular complexity index is 535. The lowest BCUT2D eigenvalue weighted by molar-refractivity contribution is -0.137. The number of aliphatic carboxylic acids is 1. The largest absolute Gasteiger partial charge is 0.480 e. The molecule has 1 aromatic carbocycles. The van der Waals surface area contributed by atoms with Gasteiger partial charge in [0.05, 0.1) is 0 Å². The van der Waals surface area contributed by atoms with Crippen molar-refractivity contribution in [2.24, 2.45) is 17.6 Å². The summed E-state index contributed by atoms with van der Waals surface area (Å²) in [6.07, 6.45) is 2.63. The molecule has 1 fully saturated rings. The number of anilines is 1. The van der Waals surface area contributed by atoms with Gasteiger partial charge in [0.25, 0.3) is 0 Å². The molecule has 2 atom stereocenters. The maximum absolute atomic E-state index is 12.7. The number of nitrogens with two attached hydrogens (primary N) is 1. The second-order valence-corrected chi connectivity index (χ2v) is 5.77. The van der Waals surface area contributed by atoms with E-state index in [0.717, 1.165) is 19.3 Å². The lowest BCUT2D eigenvalue weighted by Crippen LogP contribution is -2.42. The lowest BCUT2D eigenvalue weighted by atomic mass is 9.94. The molecule has 0 spiro atoms. The third kappa shape index (κ3) is 3.74. The van der Waals surface area contributed by atoms with Crippen molar-refractivity contribution < 1.29 is 14.7 Å². The van der Waals surface area contributed by atoms with Crippen LogP contribution in [0.25, 0.3) is 0 Å². The van der Waals surface area contributed by atoms with Crippen LogP contribution < -0.4 is 10.6 Å². The van der Waals surface area contributed by atoms with Crippen LogP contribution in [0.5, 0.6) is 0 Å². The van der Waals surface area contributed by atoms with Gasteiger partial charge in [-0.25, -0.2) is 0 Å². The van der Waals surface area contributed by atoms with E-state index >= 15 is 0 Å². The maximum atomic E-state index is 12.7. The lowest BCUT2D eigenvalue weighted by Gasteiger charge is -2.27. The maximum Gasteiger partial charge on any atom is 0.323 e. The topological polar surface area (TPSA) is 83.6 Å². The molecule has 0 aliphatic heterocycles. The first-order chi connectivity index (χ1) is 10.0. The normalized spacial score (nSPS) is 21.2. The zero-order valence-corrected chi connectivity index (χ0v) is 12.4. The number of carbonyl (C=O) groups is 2. The highest BCUT2D eigenvalue weighted by atomic mass is 35.5. The van der Waals surface area contributed by atoms with E-state index < -0.39 is 5.97 Å². The van der Waals surface area contributed by atoms with Crippen LogP contribution in [-0.2, 0) is 9.59 Å². The summed E-state index contributed by atoms with van der Waals surface area (Å²) in [5, 5.41) is 9.55. The molecule has 0 bridgehead atoms. The van der Waals surface area contributed by atoms with E-state index in [9.17, 15) is 9.59 Å². The van der Waals surface area contributed by atoms with Crippen LogP contribution in [0.4, 0.5) is 5.69 Å². The van der Waals surface area contributed by atoms with Gasteiger partial charge in [-0.1, -0.05) is 24.1 Å². The molecule has 2 rings (SSSR count). The van der Waals surface area contributed by atoms with Gasteiger partial charge in [-0.15, -0.1) is 0 Å². The first-order valence-electron chi connectivity index (χ1n) is 7.01. The zero-order chi connectivity index (χ0) is 15.4. The SMILES string of the molecule is NCC1CCCC1C(=O)N(CC(=O)O)c1cccc(Cl)c1. The minimum absolute atomic E-state index is 0.132. The summed E-state index contributed by atoms with van der Waals surface area (Å²) in [5.74, 6) is -1.29. The molecule has 1 aliphatic rings. The van der Waals surface area contributed by atoms with Gasteiger partial charge in [0.2, 0.25) is 5.91 Å². The molecule has 0 heterocycles.